The first-order chi connectivity index (χ1) is 17.0. The Bertz CT molecular complexity index is 1200. The quantitative estimate of drug-likeness (QED) is 0.347. The van der Waals surface area contributed by atoms with Crippen molar-refractivity contribution in [2.24, 2.45) is 5.92 Å². The molecule has 1 aliphatic heterocycles. The van der Waals surface area contributed by atoms with Gasteiger partial charge in [-0.1, -0.05) is 29.8 Å². The van der Waals surface area contributed by atoms with Crippen LogP contribution in [0.2, 0.25) is 0 Å². The fourth-order valence-electron chi connectivity index (χ4n) is 4.70. The molecule has 1 saturated heterocycles. The minimum Gasteiger partial charge on any atom is -0.339 e. The maximum Gasteiger partial charge on any atom is 0.270 e. The Morgan fingerprint density at radius 1 is 1.14 bits per heavy atom. The molecule has 182 valence electrons. The van der Waals surface area contributed by atoms with Gasteiger partial charge in [0.2, 0.25) is 0 Å². The van der Waals surface area contributed by atoms with Gasteiger partial charge in [-0.3, -0.25) is 14.9 Å². The molecule has 1 aliphatic rings. The highest BCUT2D eigenvalue weighted by Gasteiger charge is 2.26. The number of carbonyl (C=O) groups excluding carboxylic acids is 1. The number of aromatic nitrogens is 1. The summed E-state index contributed by atoms with van der Waals surface area (Å²) < 4.78 is 0. The molecule has 3 aromatic rings. The molecule has 35 heavy (non-hydrogen) atoms. The molecule has 0 aliphatic carbocycles. The van der Waals surface area contributed by atoms with Crippen LogP contribution in [0.15, 0.2) is 65.7 Å². The first-order valence-corrected chi connectivity index (χ1v) is 12.9. The number of hydrogen-bond acceptors (Lipinski definition) is 6. The molecule has 2 heterocycles. The van der Waals surface area contributed by atoms with E-state index in [2.05, 4.69) is 10.3 Å². The van der Waals surface area contributed by atoms with Gasteiger partial charge >= 0.3 is 0 Å². The number of thiazole rings is 1. The molecule has 1 atom stereocenters. The summed E-state index contributed by atoms with van der Waals surface area (Å²) in [7, 11) is 0. The fourth-order valence-corrected chi connectivity index (χ4v) is 5.40. The molecule has 2 aromatic carbocycles. The number of nitro groups is 1. The molecule has 8 heteroatoms. The van der Waals surface area contributed by atoms with Crippen molar-refractivity contribution in [2.45, 2.75) is 26.7 Å². The van der Waals surface area contributed by atoms with E-state index in [0.717, 1.165) is 47.6 Å². The zero-order valence-corrected chi connectivity index (χ0v) is 20.9. The monoisotopic (exact) mass is 490 g/mol. The van der Waals surface area contributed by atoms with E-state index in [4.69, 9.17) is 0 Å². The molecule has 0 bridgehead atoms. The zero-order valence-electron chi connectivity index (χ0n) is 20.1. The number of hydrogen-bond donors (Lipinski definition) is 1. The molecule has 1 unspecified atom stereocenters. The van der Waals surface area contributed by atoms with E-state index in [9.17, 15) is 14.9 Å². The fraction of sp³-hybridized carbons (Fsp3) is 0.333. The van der Waals surface area contributed by atoms with Crippen LogP contribution >= 0.6 is 11.3 Å². The molecule has 0 spiro atoms. The molecule has 1 aromatic heterocycles. The molecule has 1 amide bonds. The molecule has 7 nitrogen and oxygen atoms in total. The van der Waals surface area contributed by atoms with Crippen molar-refractivity contribution in [3.63, 3.8) is 0 Å². The highest BCUT2D eigenvalue weighted by Crippen LogP contribution is 2.36. The van der Waals surface area contributed by atoms with E-state index in [-0.39, 0.29) is 22.4 Å². The lowest BCUT2D eigenvalue weighted by atomic mass is 9.81. The Morgan fingerprint density at radius 3 is 2.54 bits per heavy atom. The van der Waals surface area contributed by atoms with Gasteiger partial charge in [0, 0.05) is 55.3 Å². The average molecular weight is 491 g/mol. The number of nitrogens with one attached hydrogen (secondary N) is 1. The number of carbonyl (C=O) groups is 1. The lowest BCUT2D eigenvalue weighted by Crippen LogP contribution is -2.33. The summed E-state index contributed by atoms with van der Waals surface area (Å²) in [5.41, 5.74) is 4.77. The number of piperidine rings is 1. The lowest BCUT2D eigenvalue weighted by Gasteiger charge is -2.29. The summed E-state index contributed by atoms with van der Waals surface area (Å²) in [6.45, 7) is 6.93. The van der Waals surface area contributed by atoms with E-state index in [1.54, 1.807) is 28.4 Å². The predicted octanol–water partition coefficient (Wildman–Crippen LogP) is 5.19. The number of amides is 1. The number of rotatable bonds is 8. The van der Waals surface area contributed by atoms with Gasteiger partial charge in [0.1, 0.15) is 0 Å². The number of nitro benzene ring substituents is 1. The van der Waals surface area contributed by atoms with Crippen molar-refractivity contribution in [3.05, 3.63) is 97.5 Å². The van der Waals surface area contributed by atoms with E-state index in [0.29, 0.717) is 18.7 Å². The highest BCUT2D eigenvalue weighted by atomic mass is 32.1. The Hall–Kier alpha value is -3.36. The van der Waals surface area contributed by atoms with Gasteiger partial charge in [-0.25, -0.2) is 4.98 Å². The van der Waals surface area contributed by atoms with Gasteiger partial charge in [0.05, 0.1) is 9.93 Å². The second-order valence-electron chi connectivity index (χ2n) is 8.54. The van der Waals surface area contributed by atoms with Crippen LogP contribution in [0, 0.1) is 16.0 Å². The highest BCUT2D eigenvalue weighted by molar-refractivity contribution is 7.09. The largest absolute Gasteiger partial charge is 0.339 e. The average Bonchev–Trinajstić information content (AvgIpc) is 3.40. The van der Waals surface area contributed by atoms with Crippen LogP contribution in [-0.2, 0) is 6.42 Å². The van der Waals surface area contributed by atoms with E-state index in [1.807, 2.05) is 55.8 Å². The van der Waals surface area contributed by atoms with E-state index >= 15 is 0 Å². The third kappa shape index (κ3) is 5.66. The number of non-ortho nitro benzene ring substituents is 1. The Balaban J connectivity index is 1.81. The summed E-state index contributed by atoms with van der Waals surface area (Å²) in [5, 5.41) is 18.1. The lowest BCUT2D eigenvalue weighted by molar-refractivity contribution is -0.384. The SMILES string of the molecule is CCN(CC)C(=O)c1ccc(C(=C2CCNCC2Cc2nccs2)c2cccc([N+](=O)[O-])c2)cc1. The van der Waals surface area contributed by atoms with Crippen LogP contribution in [0.4, 0.5) is 5.69 Å². The van der Waals surface area contributed by atoms with Gasteiger partial charge in [0.15, 0.2) is 0 Å². The number of benzene rings is 2. The van der Waals surface area contributed by atoms with Crippen molar-refractivity contribution in [1.82, 2.24) is 15.2 Å². The maximum absolute atomic E-state index is 12.8. The van der Waals surface area contributed by atoms with Gasteiger partial charge in [0.25, 0.3) is 11.6 Å². The van der Waals surface area contributed by atoms with Crippen molar-refractivity contribution in [2.75, 3.05) is 26.2 Å². The third-order valence-electron chi connectivity index (χ3n) is 6.50. The van der Waals surface area contributed by atoms with Crippen LogP contribution in [0.25, 0.3) is 5.57 Å². The van der Waals surface area contributed by atoms with Gasteiger partial charge in [-0.05, 0) is 61.6 Å². The summed E-state index contributed by atoms with van der Waals surface area (Å²) in [4.78, 5) is 30.3. The van der Waals surface area contributed by atoms with Gasteiger partial charge in [-0.2, -0.15) is 0 Å². The molecular weight excluding hydrogens is 460 g/mol. The predicted molar refractivity (Wildman–Crippen MR) is 140 cm³/mol. The molecule has 0 radical (unpaired) electrons. The molecule has 1 N–H and O–H groups in total. The molecule has 4 rings (SSSR count). The smallest absolute Gasteiger partial charge is 0.270 e. The van der Waals surface area contributed by atoms with Crippen molar-refractivity contribution in [3.8, 4) is 0 Å². The van der Waals surface area contributed by atoms with E-state index < -0.39 is 0 Å². The first-order valence-electron chi connectivity index (χ1n) is 12.0. The molecule has 1 fully saturated rings. The molecule has 0 saturated carbocycles. The van der Waals surface area contributed by atoms with Crippen molar-refractivity contribution >= 4 is 28.5 Å². The summed E-state index contributed by atoms with van der Waals surface area (Å²) >= 11 is 1.65. The maximum atomic E-state index is 12.8. The van der Waals surface area contributed by atoms with Gasteiger partial charge in [-0.15, -0.1) is 11.3 Å². The van der Waals surface area contributed by atoms with Crippen LogP contribution in [0.1, 0.15) is 46.8 Å². The van der Waals surface area contributed by atoms with Crippen molar-refractivity contribution < 1.29 is 9.72 Å². The normalized spacial score (nSPS) is 17.1. The Labute approximate surface area is 209 Å². The second kappa shape index (κ2) is 11.4. The minimum absolute atomic E-state index is 0.00890. The van der Waals surface area contributed by atoms with Crippen LogP contribution in [0.5, 0.6) is 0 Å². The summed E-state index contributed by atoms with van der Waals surface area (Å²) in [5.74, 6) is 0.232. The summed E-state index contributed by atoms with van der Waals surface area (Å²) in [6.07, 6.45) is 3.48. The van der Waals surface area contributed by atoms with Crippen LogP contribution in [-0.4, -0.2) is 46.9 Å². The van der Waals surface area contributed by atoms with Crippen molar-refractivity contribution in [1.29, 1.82) is 0 Å². The minimum atomic E-state index is -0.354. The van der Waals surface area contributed by atoms with Gasteiger partial charge < -0.3 is 10.2 Å². The van der Waals surface area contributed by atoms with Crippen LogP contribution < -0.4 is 5.32 Å². The zero-order chi connectivity index (χ0) is 24.8. The Morgan fingerprint density at radius 2 is 1.89 bits per heavy atom. The summed E-state index contributed by atoms with van der Waals surface area (Å²) in [6, 6.07) is 14.5. The Kier molecular flexibility index (Phi) is 8.05. The standard InChI is InChI=1S/C27H30N4O3S/c1-3-30(4-2)27(32)20-10-8-19(9-11-20)26(21-6-5-7-23(16-21)31(33)34)24-12-13-28-18-22(24)17-25-29-14-15-35-25/h5-11,14-16,22,28H,3-4,12-13,17-18H2,1-2H3. The third-order valence-corrected chi connectivity index (χ3v) is 7.30. The second-order valence-corrected chi connectivity index (χ2v) is 9.52. The molecular formula is C27H30N4O3S. The van der Waals surface area contributed by atoms with E-state index in [1.165, 1.54) is 11.6 Å². The first kappa shape index (κ1) is 24.8. The van der Waals surface area contributed by atoms with Crippen LogP contribution in [0.3, 0.4) is 0 Å². The topological polar surface area (TPSA) is 88.4 Å². The number of nitrogens with zero attached hydrogens (tertiary/aromatic N) is 3.